The smallest absolute Gasteiger partial charge is 0.134 e. The molecule has 0 spiro atoms. The van der Waals surface area contributed by atoms with Gasteiger partial charge in [-0.2, -0.15) is 0 Å². The van der Waals surface area contributed by atoms with E-state index < -0.39 is 0 Å². The fourth-order valence-corrected chi connectivity index (χ4v) is 4.24. The van der Waals surface area contributed by atoms with Gasteiger partial charge in [-0.1, -0.05) is 80.3 Å². The van der Waals surface area contributed by atoms with Gasteiger partial charge in [-0.15, -0.1) is 0 Å². The number of aromatic nitrogens is 1. The number of hydrogen-bond donors (Lipinski definition) is 0. The third-order valence-corrected chi connectivity index (χ3v) is 6.32. The van der Waals surface area contributed by atoms with Crippen molar-refractivity contribution in [2.24, 2.45) is 0 Å². The molecule has 0 N–H and O–H groups in total. The number of benzene rings is 3. The molecule has 32 heavy (non-hydrogen) atoms. The Balaban J connectivity index is 1.47. The monoisotopic (exact) mass is 445 g/mol. The number of hydrogen-bond acceptors (Lipinski definition) is 1. The van der Waals surface area contributed by atoms with Gasteiger partial charge in [-0.3, -0.25) is 4.98 Å². The molecule has 0 aliphatic rings. The molecule has 0 bridgehead atoms. The van der Waals surface area contributed by atoms with Crippen LogP contribution in [0.2, 0.25) is 5.02 Å². The predicted octanol–water partition coefficient (Wildman–Crippen LogP) is 8.60. The number of fused-ring (bicyclic) bond motifs is 1. The Morgan fingerprint density at radius 3 is 2.34 bits per heavy atom. The van der Waals surface area contributed by atoms with Crippen LogP contribution in [0.3, 0.4) is 0 Å². The SMILES string of the molecule is CCCCCCc1ccc(-c2ccc3c(F)c(CCc4ccc(Cl)cc4)ccc3c2)nc1. The van der Waals surface area contributed by atoms with Gasteiger partial charge in [-0.05, 0) is 72.0 Å². The van der Waals surface area contributed by atoms with Crippen LogP contribution in [0.4, 0.5) is 4.39 Å². The first-order chi connectivity index (χ1) is 15.6. The molecule has 0 aliphatic heterocycles. The summed E-state index contributed by atoms with van der Waals surface area (Å²) in [4.78, 5) is 4.66. The third kappa shape index (κ3) is 5.55. The molecule has 1 heterocycles. The van der Waals surface area contributed by atoms with E-state index in [1.807, 2.05) is 60.8 Å². The van der Waals surface area contributed by atoms with Gasteiger partial charge in [-0.25, -0.2) is 4.39 Å². The van der Waals surface area contributed by atoms with Crippen molar-refractivity contribution >= 4 is 22.4 Å². The number of nitrogens with zero attached hydrogens (tertiary/aromatic N) is 1. The van der Waals surface area contributed by atoms with Crippen molar-refractivity contribution in [1.82, 2.24) is 4.98 Å². The molecule has 0 fully saturated rings. The summed E-state index contributed by atoms with van der Waals surface area (Å²) in [6, 6.07) is 21.8. The quantitative estimate of drug-likeness (QED) is 0.235. The zero-order valence-electron chi connectivity index (χ0n) is 18.6. The molecule has 1 aromatic heterocycles. The second-order valence-electron chi connectivity index (χ2n) is 8.46. The minimum absolute atomic E-state index is 0.126. The molecule has 0 saturated heterocycles. The average Bonchev–Trinajstić information content (AvgIpc) is 2.83. The number of halogens is 2. The lowest BCUT2D eigenvalue weighted by Crippen LogP contribution is -1.96. The summed E-state index contributed by atoms with van der Waals surface area (Å²) in [6.07, 6.45) is 9.53. The van der Waals surface area contributed by atoms with E-state index in [2.05, 4.69) is 24.0 Å². The van der Waals surface area contributed by atoms with Crippen LogP contribution < -0.4 is 0 Å². The van der Waals surface area contributed by atoms with Gasteiger partial charge < -0.3 is 0 Å². The summed E-state index contributed by atoms with van der Waals surface area (Å²) in [7, 11) is 0. The summed E-state index contributed by atoms with van der Waals surface area (Å²) in [5.74, 6) is -0.126. The van der Waals surface area contributed by atoms with E-state index in [4.69, 9.17) is 11.6 Å². The maximum Gasteiger partial charge on any atom is 0.134 e. The largest absolute Gasteiger partial charge is 0.256 e. The molecule has 164 valence electrons. The molecular formula is C29H29ClFN. The Morgan fingerprint density at radius 2 is 1.59 bits per heavy atom. The van der Waals surface area contributed by atoms with E-state index >= 15 is 4.39 Å². The van der Waals surface area contributed by atoms with Crippen LogP contribution in [-0.2, 0) is 19.3 Å². The van der Waals surface area contributed by atoms with Crippen molar-refractivity contribution in [3.8, 4) is 11.3 Å². The van der Waals surface area contributed by atoms with E-state index in [1.54, 1.807) is 0 Å². The van der Waals surface area contributed by atoms with Crippen molar-refractivity contribution in [2.75, 3.05) is 0 Å². The van der Waals surface area contributed by atoms with E-state index in [0.29, 0.717) is 11.8 Å². The molecule has 3 heteroatoms. The Kier molecular flexibility index (Phi) is 7.55. The van der Waals surface area contributed by atoms with E-state index in [-0.39, 0.29) is 5.82 Å². The molecule has 0 atom stereocenters. The molecule has 0 saturated carbocycles. The highest BCUT2D eigenvalue weighted by Crippen LogP contribution is 2.27. The van der Waals surface area contributed by atoms with Gasteiger partial charge >= 0.3 is 0 Å². The van der Waals surface area contributed by atoms with Crippen molar-refractivity contribution in [3.63, 3.8) is 0 Å². The van der Waals surface area contributed by atoms with E-state index in [0.717, 1.165) is 45.6 Å². The van der Waals surface area contributed by atoms with Gasteiger partial charge in [0.1, 0.15) is 5.82 Å². The Morgan fingerprint density at radius 1 is 0.781 bits per heavy atom. The zero-order valence-corrected chi connectivity index (χ0v) is 19.3. The fraction of sp³-hybridized carbons (Fsp3) is 0.276. The van der Waals surface area contributed by atoms with Gasteiger partial charge in [0.25, 0.3) is 0 Å². The molecule has 4 rings (SSSR count). The van der Waals surface area contributed by atoms with E-state index in [9.17, 15) is 0 Å². The molecule has 0 radical (unpaired) electrons. The fourth-order valence-electron chi connectivity index (χ4n) is 4.12. The minimum Gasteiger partial charge on any atom is -0.256 e. The zero-order chi connectivity index (χ0) is 22.3. The second kappa shape index (κ2) is 10.7. The summed E-state index contributed by atoms with van der Waals surface area (Å²) in [6.45, 7) is 2.23. The highest BCUT2D eigenvalue weighted by atomic mass is 35.5. The maximum absolute atomic E-state index is 15.2. The van der Waals surface area contributed by atoms with Crippen molar-refractivity contribution in [2.45, 2.75) is 51.9 Å². The van der Waals surface area contributed by atoms with Crippen LogP contribution in [0.15, 0.2) is 72.9 Å². The number of aryl methyl sites for hydroxylation is 3. The van der Waals surface area contributed by atoms with Crippen LogP contribution in [0.1, 0.15) is 49.3 Å². The molecule has 0 aliphatic carbocycles. The Labute approximate surface area is 195 Å². The lowest BCUT2D eigenvalue weighted by Gasteiger charge is -2.09. The van der Waals surface area contributed by atoms with Crippen LogP contribution in [-0.4, -0.2) is 4.98 Å². The van der Waals surface area contributed by atoms with Crippen LogP contribution in [0.5, 0.6) is 0 Å². The van der Waals surface area contributed by atoms with Gasteiger partial charge in [0, 0.05) is 22.2 Å². The average molecular weight is 446 g/mol. The Hall–Kier alpha value is -2.71. The van der Waals surface area contributed by atoms with Crippen molar-refractivity contribution in [3.05, 3.63) is 100 Å². The first-order valence-corrected chi connectivity index (χ1v) is 11.9. The second-order valence-corrected chi connectivity index (χ2v) is 8.90. The highest BCUT2D eigenvalue weighted by molar-refractivity contribution is 6.30. The first kappa shape index (κ1) is 22.5. The number of unbranched alkanes of at least 4 members (excludes halogenated alkanes) is 3. The molecule has 1 nitrogen and oxygen atoms in total. The van der Waals surface area contributed by atoms with Crippen molar-refractivity contribution in [1.29, 1.82) is 0 Å². The van der Waals surface area contributed by atoms with Crippen LogP contribution in [0.25, 0.3) is 22.0 Å². The van der Waals surface area contributed by atoms with Crippen molar-refractivity contribution < 1.29 is 4.39 Å². The topological polar surface area (TPSA) is 12.9 Å². The van der Waals surface area contributed by atoms with Gasteiger partial charge in [0.2, 0.25) is 0 Å². The van der Waals surface area contributed by atoms with Crippen LogP contribution >= 0.6 is 11.6 Å². The molecule has 3 aromatic carbocycles. The lowest BCUT2D eigenvalue weighted by molar-refractivity contribution is 0.620. The number of rotatable bonds is 9. The number of pyridine rings is 1. The van der Waals surface area contributed by atoms with E-state index in [1.165, 1.54) is 31.2 Å². The summed E-state index contributed by atoms with van der Waals surface area (Å²) < 4.78 is 15.2. The standard InChI is InChI=1S/C29H29ClFN/c1-2-3-4-5-6-22-10-18-28(32-20-22)25-14-17-27-24(19-25)13-12-23(29(27)31)11-7-21-8-15-26(30)16-9-21/h8-10,12-20H,2-7,11H2,1H3. The summed E-state index contributed by atoms with van der Waals surface area (Å²) in [5, 5.41) is 2.29. The third-order valence-electron chi connectivity index (χ3n) is 6.07. The van der Waals surface area contributed by atoms with Gasteiger partial charge in [0.05, 0.1) is 5.69 Å². The predicted molar refractivity (Wildman–Crippen MR) is 134 cm³/mol. The maximum atomic E-state index is 15.2. The minimum atomic E-state index is -0.126. The molecule has 4 aromatic rings. The van der Waals surface area contributed by atoms with Crippen LogP contribution in [0, 0.1) is 5.82 Å². The molecular weight excluding hydrogens is 417 g/mol. The Bertz CT molecular complexity index is 1170. The molecule has 0 amide bonds. The summed E-state index contributed by atoms with van der Waals surface area (Å²) in [5.41, 5.74) is 5.12. The normalized spacial score (nSPS) is 11.2. The first-order valence-electron chi connectivity index (χ1n) is 11.5. The summed E-state index contributed by atoms with van der Waals surface area (Å²) >= 11 is 5.95. The lowest BCUT2D eigenvalue weighted by atomic mass is 9.98. The molecule has 0 unspecified atom stereocenters. The van der Waals surface area contributed by atoms with Gasteiger partial charge in [0.15, 0.2) is 0 Å². The highest BCUT2D eigenvalue weighted by Gasteiger charge is 2.10.